The first-order chi connectivity index (χ1) is 4.70. The Balaban J connectivity index is 2.26. The van der Waals surface area contributed by atoms with Crippen molar-refractivity contribution in [1.82, 2.24) is 4.90 Å². The lowest BCUT2D eigenvalue weighted by Gasteiger charge is -2.17. The molecule has 1 aliphatic rings. The maximum Gasteiger partial charge on any atom is 0.0621 e. The van der Waals surface area contributed by atoms with E-state index in [1.165, 1.54) is 0 Å². The van der Waals surface area contributed by atoms with Gasteiger partial charge in [0.15, 0.2) is 0 Å². The van der Waals surface area contributed by atoms with Crippen LogP contribution in [0.5, 0.6) is 0 Å². The van der Waals surface area contributed by atoms with Crippen molar-refractivity contribution in [3.8, 4) is 0 Å². The molecule has 1 rings (SSSR count). The van der Waals surface area contributed by atoms with Gasteiger partial charge in [0.25, 0.3) is 0 Å². The van der Waals surface area contributed by atoms with Crippen LogP contribution in [0, 0.1) is 5.92 Å². The molecule has 2 N–H and O–H groups in total. The summed E-state index contributed by atoms with van der Waals surface area (Å²) in [5.41, 5.74) is 5.78. The van der Waals surface area contributed by atoms with Crippen molar-refractivity contribution in [2.45, 2.75) is 6.04 Å². The van der Waals surface area contributed by atoms with Gasteiger partial charge in [0.1, 0.15) is 0 Å². The predicted molar refractivity (Wildman–Crippen MR) is 40.8 cm³/mol. The zero-order chi connectivity index (χ0) is 7.56. The Kier molecular flexibility index (Phi) is 2.65. The minimum atomic E-state index is 0.252. The van der Waals surface area contributed by atoms with Gasteiger partial charge in [-0.25, -0.2) is 0 Å². The smallest absolute Gasteiger partial charge is 0.0621 e. The number of nitrogens with two attached hydrogens (primary N) is 1. The Bertz CT molecular complexity index is 106. The van der Waals surface area contributed by atoms with E-state index < -0.39 is 0 Å². The predicted octanol–water partition coefficient (Wildman–Crippen LogP) is -0.478. The topological polar surface area (TPSA) is 38.5 Å². The molecule has 0 aliphatic carbocycles. The van der Waals surface area contributed by atoms with E-state index in [-0.39, 0.29) is 6.04 Å². The number of ether oxygens (including phenoxy) is 1. The van der Waals surface area contributed by atoms with Crippen LogP contribution in [0.2, 0.25) is 0 Å². The number of rotatable bonds is 2. The highest BCUT2D eigenvalue weighted by Gasteiger charge is 2.24. The van der Waals surface area contributed by atoms with Crippen LogP contribution in [-0.4, -0.2) is 44.8 Å². The van der Waals surface area contributed by atoms with Crippen molar-refractivity contribution in [2.75, 3.05) is 33.9 Å². The summed E-state index contributed by atoms with van der Waals surface area (Å²) in [6, 6.07) is 0.252. The highest BCUT2D eigenvalue weighted by molar-refractivity contribution is 4.79. The standard InChI is InChI=1S/C7H16N2O/c1-9(2)3-6-4-10-5-7(6)8/h6-7H,3-5,8H2,1-2H3/t6-,7-/m1/s1. The zero-order valence-corrected chi connectivity index (χ0v) is 6.71. The summed E-state index contributed by atoms with van der Waals surface area (Å²) in [4.78, 5) is 2.15. The largest absolute Gasteiger partial charge is 0.379 e. The van der Waals surface area contributed by atoms with Crippen LogP contribution < -0.4 is 5.73 Å². The lowest BCUT2D eigenvalue weighted by Crippen LogP contribution is -2.35. The summed E-state index contributed by atoms with van der Waals surface area (Å²) < 4.78 is 5.22. The van der Waals surface area contributed by atoms with Crippen molar-refractivity contribution < 1.29 is 4.74 Å². The molecule has 3 heteroatoms. The van der Waals surface area contributed by atoms with Crippen LogP contribution in [-0.2, 0) is 4.74 Å². The third-order valence-electron chi connectivity index (χ3n) is 1.85. The summed E-state index contributed by atoms with van der Waals surface area (Å²) in [7, 11) is 4.12. The first-order valence-corrected chi connectivity index (χ1v) is 3.68. The number of hydrogen-bond donors (Lipinski definition) is 1. The second-order valence-corrected chi connectivity index (χ2v) is 3.22. The van der Waals surface area contributed by atoms with E-state index in [1.807, 2.05) is 0 Å². The quantitative estimate of drug-likeness (QED) is 0.569. The molecular formula is C7H16N2O. The van der Waals surface area contributed by atoms with Crippen molar-refractivity contribution in [2.24, 2.45) is 11.7 Å². The Morgan fingerprint density at radius 1 is 1.50 bits per heavy atom. The van der Waals surface area contributed by atoms with Crippen LogP contribution in [0.4, 0.5) is 0 Å². The highest BCUT2D eigenvalue weighted by Crippen LogP contribution is 2.11. The second kappa shape index (κ2) is 3.32. The van der Waals surface area contributed by atoms with E-state index >= 15 is 0 Å². The van der Waals surface area contributed by atoms with Crippen LogP contribution >= 0.6 is 0 Å². The Labute approximate surface area is 62.1 Å². The lowest BCUT2D eigenvalue weighted by molar-refractivity contribution is 0.177. The molecule has 1 heterocycles. The number of nitrogens with zero attached hydrogens (tertiary/aromatic N) is 1. The molecule has 0 bridgehead atoms. The van der Waals surface area contributed by atoms with E-state index in [0.29, 0.717) is 5.92 Å². The van der Waals surface area contributed by atoms with Gasteiger partial charge in [-0.15, -0.1) is 0 Å². The summed E-state index contributed by atoms with van der Waals surface area (Å²) in [5, 5.41) is 0. The molecule has 2 atom stereocenters. The molecule has 0 aromatic heterocycles. The Hall–Kier alpha value is -0.120. The van der Waals surface area contributed by atoms with E-state index in [4.69, 9.17) is 10.5 Å². The van der Waals surface area contributed by atoms with Gasteiger partial charge in [0.2, 0.25) is 0 Å². The first kappa shape index (κ1) is 7.98. The average Bonchev–Trinajstić information content (AvgIpc) is 2.15. The maximum atomic E-state index is 5.78. The van der Waals surface area contributed by atoms with Gasteiger partial charge < -0.3 is 15.4 Å². The molecule has 10 heavy (non-hydrogen) atoms. The fraction of sp³-hybridized carbons (Fsp3) is 1.00. The first-order valence-electron chi connectivity index (χ1n) is 3.68. The lowest BCUT2D eigenvalue weighted by atomic mass is 10.1. The zero-order valence-electron chi connectivity index (χ0n) is 6.71. The molecule has 0 amide bonds. The van der Waals surface area contributed by atoms with E-state index in [1.54, 1.807) is 0 Å². The molecule has 0 spiro atoms. The minimum absolute atomic E-state index is 0.252. The molecule has 0 radical (unpaired) electrons. The maximum absolute atomic E-state index is 5.78. The van der Waals surface area contributed by atoms with Crippen LogP contribution in [0.3, 0.4) is 0 Å². The van der Waals surface area contributed by atoms with E-state index in [9.17, 15) is 0 Å². The Morgan fingerprint density at radius 2 is 2.20 bits per heavy atom. The van der Waals surface area contributed by atoms with Crippen LogP contribution in [0.1, 0.15) is 0 Å². The molecular weight excluding hydrogens is 128 g/mol. The SMILES string of the molecule is CN(C)C[C@@H]1COC[C@H]1N. The van der Waals surface area contributed by atoms with Crippen LogP contribution in [0.15, 0.2) is 0 Å². The van der Waals surface area contributed by atoms with Gasteiger partial charge in [-0.1, -0.05) is 0 Å². The van der Waals surface area contributed by atoms with E-state index in [2.05, 4.69) is 19.0 Å². The molecule has 0 aromatic rings. The van der Waals surface area contributed by atoms with Crippen molar-refractivity contribution in [3.05, 3.63) is 0 Å². The summed E-state index contributed by atoms with van der Waals surface area (Å²) >= 11 is 0. The van der Waals surface area contributed by atoms with Gasteiger partial charge >= 0.3 is 0 Å². The van der Waals surface area contributed by atoms with Crippen LogP contribution in [0.25, 0.3) is 0 Å². The second-order valence-electron chi connectivity index (χ2n) is 3.22. The van der Waals surface area contributed by atoms with E-state index in [0.717, 1.165) is 19.8 Å². The van der Waals surface area contributed by atoms with Gasteiger partial charge in [0.05, 0.1) is 13.2 Å². The van der Waals surface area contributed by atoms with Crippen molar-refractivity contribution in [3.63, 3.8) is 0 Å². The average molecular weight is 144 g/mol. The van der Waals surface area contributed by atoms with Crippen molar-refractivity contribution >= 4 is 0 Å². The van der Waals surface area contributed by atoms with Crippen molar-refractivity contribution in [1.29, 1.82) is 0 Å². The third-order valence-corrected chi connectivity index (χ3v) is 1.85. The fourth-order valence-corrected chi connectivity index (χ4v) is 1.27. The highest BCUT2D eigenvalue weighted by atomic mass is 16.5. The molecule has 1 fully saturated rings. The molecule has 0 unspecified atom stereocenters. The van der Waals surface area contributed by atoms with Gasteiger partial charge in [-0.3, -0.25) is 0 Å². The van der Waals surface area contributed by atoms with Gasteiger partial charge in [0, 0.05) is 18.5 Å². The molecule has 0 aromatic carbocycles. The van der Waals surface area contributed by atoms with Gasteiger partial charge in [-0.05, 0) is 14.1 Å². The molecule has 0 saturated carbocycles. The summed E-state index contributed by atoms with van der Waals surface area (Å²) in [6.07, 6.45) is 0. The number of hydrogen-bond acceptors (Lipinski definition) is 3. The third kappa shape index (κ3) is 1.94. The summed E-state index contributed by atoms with van der Waals surface area (Å²) in [6.45, 7) is 2.61. The molecule has 60 valence electrons. The molecule has 1 saturated heterocycles. The normalized spacial score (nSPS) is 33.6. The van der Waals surface area contributed by atoms with Gasteiger partial charge in [-0.2, -0.15) is 0 Å². The summed E-state index contributed by atoms with van der Waals surface area (Å²) in [5.74, 6) is 0.537. The minimum Gasteiger partial charge on any atom is -0.379 e. The molecule has 1 aliphatic heterocycles. The molecule has 3 nitrogen and oxygen atoms in total. The fourth-order valence-electron chi connectivity index (χ4n) is 1.27. The monoisotopic (exact) mass is 144 g/mol. The Morgan fingerprint density at radius 3 is 2.60 bits per heavy atom.